The van der Waals surface area contributed by atoms with Crippen molar-refractivity contribution in [1.29, 1.82) is 0 Å². The van der Waals surface area contributed by atoms with Crippen LogP contribution in [-0.2, 0) is 6.18 Å². The molecule has 6 rings (SSSR count). The van der Waals surface area contributed by atoms with E-state index < -0.39 is 11.7 Å². The van der Waals surface area contributed by atoms with E-state index in [0.29, 0.717) is 27.9 Å². The molecule has 2 N–H and O–H groups in total. The Labute approximate surface area is 331 Å². The average molecular weight is 773 g/mol. The highest BCUT2D eigenvalue weighted by atomic mass is 35.5. The molecule has 2 aromatic carbocycles. The normalized spacial score (nSPS) is 31.0. The van der Waals surface area contributed by atoms with Gasteiger partial charge in [0.05, 0.1) is 11.7 Å². The molecular formula is C47H69ClF3NO2. The molecule has 302 valence electrons. The summed E-state index contributed by atoms with van der Waals surface area (Å²) < 4.78 is 43.6. The minimum absolute atomic E-state index is 0. The van der Waals surface area contributed by atoms with E-state index in [1.54, 1.807) is 0 Å². The third-order valence-corrected chi connectivity index (χ3v) is 14.9. The third-order valence-electron chi connectivity index (χ3n) is 14.9. The van der Waals surface area contributed by atoms with E-state index in [2.05, 4.69) is 66.8 Å². The molecule has 0 amide bonds. The molecule has 0 bridgehead atoms. The van der Waals surface area contributed by atoms with Gasteiger partial charge in [-0.3, -0.25) is 0 Å². The van der Waals surface area contributed by atoms with Crippen molar-refractivity contribution in [3.05, 3.63) is 88.5 Å². The second-order valence-electron chi connectivity index (χ2n) is 18.5. The fourth-order valence-corrected chi connectivity index (χ4v) is 11.6. The Morgan fingerprint density at radius 1 is 0.889 bits per heavy atom. The van der Waals surface area contributed by atoms with Gasteiger partial charge in [0.2, 0.25) is 0 Å². The van der Waals surface area contributed by atoms with Gasteiger partial charge >= 0.3 is 6.18 Å². The van der Waals surface area contributed by atoms with Crippen molar-refractivity contribution in [2.24, 2.45) is 39.4 Å². The molecule has 2 aromatic rings. The van der Waals surface area contributed by atoms with E-state index in [0.717, 1.165) is 48.9 Å². The van der Waals surface area contributed by atoms with E-state index in [9.17, 15) is 18.3 Å². The molecule has 0 saturated heterocycles. The monoisotopic (exact) mass is 771 g/mol. The second-order valence-corrected chi connectivity index (χ2v) is 18.5. The first kappa shape index (κ1) is 44.4. The van der Waals surface area contributed by atoms with Gasteiger partial charge in [-0.05, 0) is 161 Å². The summed E-state index contributed by atoms with van der Waals surface area (Å²) in [7, 11) is 1.85. The maximum Gasteiger partial charge on any atom is 0.416 e. The number of rotatable bonds is 10. The molecule has 4 aliphatic carbocycles. The number of ether oxygens (including phenoxy) is 1. The van der Waals surface area contributed by atoms with Gasteiger partial charge in [-0.2, -0.15) is 13.2 Å². The van der Waals surface area contributed by atoms with Crippen molar-refractivity contribution in [3.8, 4) is 5.75 Å². The number of hydrogen-bond donors (Lipinski definition) is 2. The molecule has 54 heavy (non-hydrogen) atoms. The number of aliphatic hydroxyl groups excluding tert-OH is 1. The van der Waals surface area contributed by atoms with Gasteiger partial charge in [0.1, 0.15) is 11.9 Å². The van der Waals surface area contributed by atoms with Crippen molar-refractivity contribution in [1.82, 2.24) is 5.32 Å². The minimum atomic E-state index is -4.33. The zero-order valence-electron chi connectivity index (χ0n) is 34.5. The first-order chi connectivity index (χ1) is 24.9. The van der Waals surface area contributed by atoms with Crippen LogP contribution in [0.4, 0.5) is 13.2 Å². The van der Waals surface area contributed by atoms with Crippen LogP contribution in [0.25, 0.3) is 0 Å². The largest absolute Gasteiger partial charge is 0.486 e. The van der Waals surface area contributed by atoms with E-state index in [1.807, 2.05) is 48.5 Å². The first-order valence-electron chi connectivity index (χ1n) is 20.5. The lowest BCUT2D eigenvalue weighted by molar-refractivity contribution is -0.137. The van der Waals surface area contributed by atoms with Crippen LogP contribution in [0.1, 0.15) is 143 Å². The number of nitrogens with one attached hydrogen (secondary N) is 1. The minimum Gasteiger partial charge on any atom is -0.486 e. The van der Waals surface area contributed by atoms with Crippen LogP contribution in [0.2, 0.25) is 0 Å². The van der Waals surface area contributed by atoms with Gasteiger partial charge in [0, 0.05) is 6.42 Å². The number of benzene rings is 2. The Bertz CT molecular complexity index is 1580. The van der Waals surface area contributed by atoms with Crippen molar-refractivity contribution >= 4 is 12.4 Å². The topological polar surface area (TPSA) is 41.5 Å². The quantitative estimate of drug-likeness (QED) is 0.236. The maximum atomic E-state index is 12.6. The zero-order chi connectivity index (χ0) is 38.8. The van der Waals surface area contributed by atoms with E-state index in [-0.39, 0.29) is 30.0 Å². The predicted molar refractivity (Wildman–Crippen MR) is 220 cm³/mol. The summed E-state index contributed by atoms with van der Waals surface area (Å²) in [6.45, 7) is 20.4. The number of alkyl halides is 3. The van der Waals surface area contributed by atoms with Gasteiger partial charge in [0.15, 0.2) is 0 Å². The average Bonchev–Trinajstić information content (AvgIpc) is 3.39. The van der Waals surface area contributed by atoms with Gasteiger partial charge in [-0.15, -0.1) is 12.4 Å². The summed E-state index contributed by atoms with van der Waals surface area (Å²) in [5.74, 6) is 2.75. The van der Waals surface area contributed by atoms with Crippen molar-refractivity contribution < 1.29 is 23.0 Å². The lowest BCUT2D eigenvalue weighted by atomic mass is 9.43. The molecule has 7 heteroatoms. The first-order valence-corrected chi connectivity index (χ1v) is 20.5. The molecule has 0 spiro atoms. The highest BCUT2D eigenvalue weighted by Gasteiger charge is 2.63. The Hall–Kier alpha value is -2.28. The van der Waals surface area contributed by atoms with Crippen molar-refractivity contribution in [2.75, 3.05) is 13.6 Å². The lowest BCUT2D eigenvalue weighted by Crippen LogP contribution is -2.55. The number of allylic oxidation sites excluding steroid dienone is 4. The van der Waals surface area contributed by atoms with E-state index in [4.69, 9.17) is 4.74 Å². The number of fused-ring (bicyclic) bond motifs is 4. The Balaban J connectivity index is 0.000000250. The molecule has 2 fully saturated rings. The van der Waals surface area contributed by atoms with Gasteiger partial charge in [-0.25, -0.2) is 0 Å². The van der Waals surface area contributed by atoms with E-state index in [1.165, 1.54) is 75.5 Å². The van der Waals surface area contributed by atoms with Crippen LogP contribution in [-0.4, -0.2) is 24.8 Å². The standard InChI is InChI=1S/C30H50O.C17H18F3NO.ClH/c1-20(2)10-9-11-21(3)22-14-18-30(8)24-12-13-25-27(4,5)26(31)16-17-28(25,6)23(24)15-19-29(22,30)7;1-21-12-11-16(13-5-3-2-4-6-13)22-15-9-7-14(8-10-15)17(18,19)20;/h10,21-22,25-26,31H,9,11-19H2,1-8H3;2-10,16,21H,11-12H2,1H3;1H. The van der Waals surface area contributed by atoms with Gasteiger partial charge < -0.3 is 15.2 Å². The van der Waals surface area contributed by atoms with Gasteiger partial charge in [-0.1, -0.05) is 94.7 Å². The summed E-state index contributed by atoms with van der Waals surface area (Å²) in [5, 5.41) is 13.9. The lowest BCUT2D eigenvalue weighted by Gasteiger charge is -2.62. The van der Waals surface area contributed by atoms with Gasteiger partial charge in [0.25, 0.3) is 0 Å². The smallest absolute Gasteiger partial charge is 0.416 e. The van der Waals surface area contributed by atoms with Crippen LogP contribution in [0.15, 0.2) is 77.4 Å². The fraction of sp³-hybridized carbons (Fsp3) is 0.660. The Morgan fingerprint density at radius 3 is 2.17 bits per heavy atom. The van der Waals surface area contributed by atoms with Crippen molar-refractivity contribution in [2.45, 2.75) is 144 Å². The highest BCUT2D eigenvalue weighted by molar-refractivity contribution is 5.85. The summed E-state index contributed by atoms with van der Waals surface area (Å²) in [5.41, 5.74) is 6.73. The molecule has 0 aliphatic heterocycles. The summed E-state index contributed by atoms with van der Waals surface area (Å²) in [6, 6.07) is 14.4. The van der Waals surface area contributed by atoms with Crippen LogP contribution in [0.5, 0.6) is 5.75 Å². The Kier molecular flexibility index (Phi) is 14.4. The van der Waals surface area contributed by atoms with E-state index >= 15 is 0 Å². The second kappa shape index (κ2) is 17.5. The Morgan fingerprint density at radius 2 is 1.56 bits per heavy atom. The number of halogens is 4. The summed E-state index contributed by atoms with van der Waals surface area (Å²) in [4.78, 5) is 0. The molecule has 8 atom stereocenters. The summed E-state index contributed by atoms with van der Waals surface area (Å²) >= 11 is 0. The summed E-state index contributed by atoms with van der Waals surface area (Å²) in [6.07, 6.45) is 11.4. The molecule has 3 nitrogen and oxygen atoms in total. The highest BCUT2D eigenvalue weighted by Crippen LogP contribution is 2.72. The number of aliphatic hydroxyl groups is 1. The molecule has 0 radical (unpaired) electrons. The zero-order valence-corrected chi connectivity index (χ0v) is 35.4. The SMILES string of the molecule is CC(C)=CCCC(C)C1CCC2(C)C3=C(CCC12C)C1(C)CCC(O)C(C)(C)C1CC3.CNCCC(Oc1ccc(C(F)(F)F)cc1)c1ccccc1.Cl. The maximum absolute atomic E-state index is 12.6. The molecule has 2 saturated carbocycles. The van der Waals surface area contributed by atoms with Crippen LogP contribution < -0.4 is 10.1 Å². The van der Waals surface area contributed by atoms with Crippen LogP contribution >= 0.6 is 12.4 Å². The van der Waals surface area contributed by atoms with Crippen LogP contribution in [0, 0.1) is 39.4 Å². The van der Waals surface area contributed by atoms with Crippen LogP contribution in [0.3, 0.4) is 0 Å². The predicted octanol–water partition coefficient (Wildman–Crippen LogP) is 13.3. The molecule has 4 aliphatic rings. The molecule has 0 heterocycles. The molecule has 0 aromatic heterocycles. The van der Waals surface area contributed by atoms with Crippen molar-refractivity contribution in [3.63, 3.8) is 0 Å². The molecular weight excluding hydrogens is 703 g/mol. The molecule has 8 unspecified atom stereocenters. The number of hydrogen-bond acceptors (Lipinski definition) is 3. The third kappa shape index (κ3) is 8.81. The fourth-order valence-electron chi connectivity index (χ4n) is 11.6.